The van der Waals surface area contributed by atoms with Gasteiger partial charge in [0.15, 0.2) is 11.8 Å². The first-order chi connectivity index (χ1) is 12.3. The molecule has 1 N–H and O–H groups in total. The van der Waals surface area contributed by atoms with Gasteiger partial charge in [0.2, 0.25) is 0 Å². The maximum Gasteiger partial charge on any atom is 0.330 e. The molecule has 0 aromatic carbocycles. The zero-order chi connectivity index (χ0) is 18.9. The summed E-state index contributed by atoms with van der Waals surface area (Å²) in [4.78, 5) is 37.1. The average Bonchev–Trinajstić information content (AvgIpc) is 2.98. The van der Waals surface area contributed by atoms with Crippen molar-refractivity contribution in [3.8, 4) is 0 Å². The van der Waals surface area contributed by atoms with Crippen LogP contribution in [0.2, 0.25) is 0 Å². The van der Waals surface area contributed by atoms with E-state index in [1.54, 1.807) is 0 Å². The lowest BCUT2D eigenvalue weighted by Crippen LogP contribution is -2.55. The molecule has 9 heteroatoms. The first-order valence-electron chi connectivity index (χ1n) is 8.71. The number of nitrogens with zero attached hydrogens (tertiary/aromatic N) is 1. The summed E-state index contributed by atoms with van der Waals surface area (Å²) >= 11 is 0. The molecule has 1 aromatic heterocycles. The molecule has 2 bridgehead atoms. The van der Waals surface area contributed by atoms with Gasteiger partial charge in [-0.15, -0.1) is 0 Å². The minimum Gasteiger partial charge on any atom is -0.463 e. The molecule has 0 unspecified atom stereocenters. The van der Waals surface area contributed by atoms with Gasteiger partial charge in [-0.3, -0.25) is 19.1 Å². The van der Waals surface area contributed by atoms with Crippen molar-refractivity contribution in [1.82, 2.24) is 9.55 Å². The number of fused-ring (bicyclic) bond motifs is 2. The minimum atomic E-state index is -1.03. The van der Waals surface area contributed by atoms with E-state index in [1.165, 1.54) is 23.8 Å². The molecule has 1 aromatic rings. The summed E-state index contributed by atoms with van der Waals surface area (Å²) in [5, 5.41) is 0. The van der Waals surface area contributed by atoms with Gasteiger partial charge in [0, 0.05) is 25.8 Å². The maximum atomic E-state index is 12.2. The van der Waals surface area contributed by atoms with E-state index in [2.05, 4.69) is 11.9 Å². The van der Waals surface area contributed by atoms with Crippen LogP contribution in [0.25, 0.3) is 0 Å². The van der Waals surface area contributed by atoms with Crippen LogP contribution in [0.5, 0.6) is 0 Å². The fraction of sp³-hybridized carbons (Fsp3) is 0.706. The standard InChI is InChI=1S/C17H24N2O7/c1-4-5-8-25-16(3)13-14(19-7-6-12(21)18-15(19)22)26-17(16,10-24-13)9-23-11(2)20/h6-7,13-14H,4-5,8-10H2,1-3H3,(H,18,21,22)/t13-,14-,16-,17-/m1/s1. The summed E-state index contributed by atoms with van der Waals surface area (Å²) in [6.45, 7) is 5.85. The van der Waals surface area contributed by atoms with E-state index in [0.29, 0.717) is 6.61 Å². The van der Waals surface area contributed by atoms with Gasteiger partial charge in [-0.25, -0.2) is 4.79 Å². The Bertz CT molecular complexity index is 788. The summed E-state index contributed by atoms with van der Waals surface area (Å²) in [5.41, 5.74) is -3.03. The second-order valence-electron chi connectivity index (χ2n) is 6.84. The van der Waals surface area contributed by atoms with Crippen LogP contribution in [0.15, 0.2) is 21.9 Å². The summed E-state index contributed by atoms with van der Waals surface area (Å²) in [7, 11) is 0. The second kappa shape index (κ2) is 6.98. The van der Waals surface area contributed by atoms with Gasteiger partial charge in [0.1, 0.15) is 18.3 Å². The number of H-pyrrole nitrogens is 1. The lowest BCUT2D eigenvalue weighted by Gasteiger charge is -2.36. The van der Waals surface area contributed by atoms with E-state index in [9.17, 15) is 14.4 Å². The number of rotatable bonds is 7. The summed E-state index contributed by atoms with van der Waals surface area (Å²) in [6, 6.07) is 1.24. The lowest BCUT2D eigenvalue weighted by molar-refractivity contribution is -0.204. The van der Waals surface area contributed by atoms with Crippen molar-refractivity contribution in [1.29, 1.82) is 0 Å². The van der Waals surface area contributed by atoms with Gasteiger partial charge >= 0.3 is 11.7 Å². The highest BCUT2D eigenvalue weighted by Crippen LogP contribution is 2.53. The van der Waals surface area contributed by atoms with E-state index >= 15 is 0 Å². The van der Waals surface area contributed by atoms with Crippen molar-refractivity contribution >= 4 is 5.97 Å². The van der Waals surface area contributed by atoms with E-state index in [0.717, 1.165) is 12.8 Å². The largest absolute Gasteiger partial charge is 0.463 e. The number of carbonyl (C=O) groups is 1. The SMILES string of the molecule is CCCCO[C@]1(C)[C@@H]2OC[C@@]1(COC(C)=O)O[C@H]2n1ccc(=O)[nH]c1=O. The van der Waals surface area contributed by atoms with Crippen LogP contribution in [0.1, 0.15) is 39.8 Å². The molecule has 4 atom stereocenters. The molecule has 9 nitrogen and oxygen atoms in total. The Morgan fingerprint density at radius 1 is 1.46 bits per heavy atom. The smallest absolute Gasteiger partial charge is 0.330 e. The van der Waals surface area contributed by atoms with E-state index in [4.69, 9.17) is 18.9 Å². The molecular formula is C17H24N2O7. The predicted molar refractivity (Wildman–Crippen MR) is 89.8 cm³/mol. The predicted octanol–water partition coefficient (Wildman–Crippen LogP) is 0.342. The van der Waals surface area contributed by atoms with Crippen LogP contribution in [-0.4, -0.2) is 52.6 Å². The normalized spacial score (nSPS) is 32.7. The Morgan fingerprint density at radius 2 is 2.23 bits per heavy atom. The van der Waals surface area contributed by atoms with Crippen molar-refractivity contribution in [2.24, 2.45) is 0 Å². The van der Waals surface area contributed by atoms with Crippen LogP contribution in [0.4, 0.5) is 0 Å². The number of aromatic nitrogens is 2. The third-order valence-electron chi connectivity index (χ3n) is 5.08. The van der Waals surface area contributed by atoms with Gasteiger partial charge in [-0.2, -0.15) is 0 Å². The molecule has 26 heavy (non-hydrogen) atoms. The summed E-state index contributed by atoms with van der Waals surface area (Å²) in [6.07, 6.45) is 1.80. The molecular weight excluding hydrogens is 344 g/mol. The van der Waals surface area contributed by atoms with E-state index in [1.807, 2.05) is 6.92 Å². The molecule has 2 aliphatic rings. The molecule has 2 aliphatic heterocycles. The molecule has 3 rings (SSSR count). The molecule has 2 fully saturated rings. The van der Waals surface area contributed by atoms with Crippen LogP contribution < -0.4 is 11.2 Å². The number of hydrogen-bond donors (Lipinski definition) is 1. The zero-order valence-corrected chi connectivity index (χ0v) is 15.1. The number of unbranched alkanes of at least 4 members (excludes halogenated alkanes) is 1. The third kappa shape index (κ3) is 3.00. The molecule has 144 valence electrons. The van der Waals surface area contributed by atoms with Gasteiger partial charge in [-0.1, -0.05) is 13.3 Å². The van der Waals surface area contributed by atoms with Crippen LogP contribution in [0, 0.1) is 0 Å². The van der Waals surface area contributed by atoms with Crippen molar-refractivity contribution in [2.75, 3.05) is 19.8 Å². The van der Waals surface area contributed by atoms with Crippen LogP contribution >= 0.6 is 0 Å². The highest BCUT2D eigenvalue weighted by Gasteiger charge is 2.71. The maximum absolute atomic E-state index is 12.2. The van der Waals surface area contributed by atoms with Crippen LogP contribution in [0.3, 0.4) is 0 Å². The van der Waals surface area contributed by atoms with Crippen molar-refractivity contribution in [2.45, 2.75) is 57.1 Å². The monoisotopic (exact) mass is 368 g/mol. The van der Waals surface area contributed by atoms with Gasteiger partial charge < -0.3 is 18.9 Å². The third-order valence-corrected chi connectivity index (χ3v) is 5.08. The second-order valence-corrected chi connectivity index (χ2v) is 6.84. The van der Waals surface area contributed by atoms with Crippen molar-refractivity contribution in [3.63, 3.8) is 0 Å². The van der Waals surface area contributed by atoms with Crippen molar-refractivity contribution < 1.29 is 23.7 Å². The number of hydrogen-bond acceptors (Lipinski definition) is 7. The van der Waals surface area contributed by atoms with Gasteiger partial charge in [0.05, 0.1) is 6.61 Å². The summed E-state index contributed by atoms with van der Waals surface area (Å²) < 4.78 is 24.7. The Balaban J connectivity index is 1.95. The molecule has 0 radical (unpaired) electrons. The molecule has 0 amide bonds. The highest BCUT2D eigenvalue weighted by molar-refractivity contribution is 5.66. The number of carbonyl (C=O) groups excluding carboxylic acids is 1. The first kappa shape index (κ1) is 18.8. The Hall–Kier alpha value is -1.97. The molecule has 0 aliphatic carbocycles. The average molecular weight is 368 g/mol. The number of esters is 1. The van der Waals surface area contributed by atoms with Gasteiger partial charge in [-0.05, 0) is 13.3 Å². The topological polar surface area (TPSA) is 109 Å². The number of ether oxygens (including phenoxy) is 4. The Kier molecular flexibility index (Phi) is 5.05. The van der Waals surface area contributed by atoms with Gasteiger partial charge in [0.25, 0.3) is 5.56 Å². The van der Waals surface area contributed by atoms with Crippen molar-refractivity contribution in [3.05, 3.63) is 33.1 Å². The molecule has 2 saturated heterocycles. The zero-order valence-electron chi connectivity index (χ0n) is 15.1. The fourth-order valence-electron chi connectivity index (χ4n) is 3.49. The Labute approximate surface area is 150 Å². The molecule has 0 saturated carbocycles. The molecule has 3 heterocycles. The highest BCUT2D eigenvalue weighted by atomic mass is 16.7. The Morgan fingerprint density at radius 3 is 2.88 bits per heavy atom. The molecule has 0 spiro atoms. The summed E-state index contributed by atoms with van der Waals surface area (Å²) in [5.74, 6) is -0.438. The minimum absolute atomic E-state index is 0.0456. The van der Waals surface area contributed by atoms with E-state index in [-0.39, 0.29) is 13.2 Å². The number of nitrogens with one attached hydrogen (secondary N) is 1. The number of aromatic amines is 1. The van der Waals surface area contributed by atoms with E-state index < -0.39 is 40.8 Å². The lowest BCUT2D eigenvalue weighted by atomic mass is 9.85. The van der Waals surface area contributed by atoms with Crippen LogP contribution in [-0.2, 0) is 23.7 Å². The first-order valence-corrected chi connectivity index (χ1v) is 8.71. The fourth-order valence-corrected chi connectivity index (χ4v) is 3.49. The quantitative estimate of drug-likeness (QED) is 0.546.